The van der Waals surface area contributed by atoms with E-state index in [0.717, 1.165) is 22.3 Å². The number of nitriles is 1. The first-order valence-corrected chi connectivity index (χ1v) is 11.7. The number of benzene rings is 3. The van der Waals surface area contributed by atoms with Gasteiger partial charge in [-0.05, 0) is 46.0 Å². The average Bonchev–Trinajstić information content (AvgIpc) is 2.88. The first kappa shape index (κ1) is 24.9. The molecule has 4 rings (SSSR count). The van der Waals surface area contributed by atoms with Gasteiger partial charge in [-0.25, -0.2) is 4.39 Å². The van der Waals surface area contributed by atoms with Gasteiger partial charge in [-0.1, -0.05) is 71.4 Å². The summed E-state index contributed by atoms with van der Waals surface area (Å²) < 4.78 is 16.4. The van der Waals surface area contributed by atoms with Crippen LogP contribution < -0.4 is 5.56 Å². The van der Waals surface area contributed by atoms with Crippen LogP contribution in [0.15, 0.2) is 95.0 Å². The third-order valence-corrected chi connectivity index (χ3v) is 6.39. The normalized spacial score (nSPS) is 12.2. The van der Waals surface area contributed by atoms with Crippen LogP contribution >= 0.6 is 11.6 Å². The first-order valence-electron chi connectivity index (χ1n) is 11.3. The predicted molar refractivity (Wildman–Crippen MR) is 139 cm³/mol. The Labute approximate surface area is 213 Å². The van der Waals surface area contributed by atoms with Crippen molar-refractivity contribution < 1.29 is 9.60 Å². The number of nitrogens with zero attached hydrogens (tertiary/aromatic N) is 3. The Morgan fingerprint density at radius 1 is 1.06 bits per heavy atom. The Bertz CT molecular complexity index is 1500. The third kappa shape index (κ3) is 5.54. The number of aryl methyl sites for hydroxylation is 1. The number of rotatable bonds is 7. The predicted octanol–water partition coefficient (Wildman–Crippen LogP) is 6.31. The summed E-state index contributed by atoms with van der Waals surface area (Å²) in [6.07, 6.45) is 2.14. The van der Waals surface area contributed by atoms with Crippen molar-refractivity contribution in [2.24, 2.45) is 12.2 Å². The van der Waals surface area contributed by atoms with Gasteiger partial charge in [0.2, 0.25) is 5.56 Å². The van der Waals surface area contributed by atoms with Gasteiger partial charge < -0.3 is 9.77 Å². The average molecular weight is 500 g/mol. The zero-order valence-electron chi connectivity index (χ0n) is 19.5. The van der Waals surface area contributed by atoms with Gasteiger partial charge >= 0.3 is 0 Å². The standard InChI is InChI=1S/C29H23ClFN3O2/c1-34-18-23(10-13-29(34)35)28(33-36)17-26(25-12-11-24(30)16-27(25)31)22-8-6-21(7-9-22)20-4-2-19(3-5-20)14-15-32/h2-13,16,18,26,36H,14,17H2,1H3/b33-28-. The molecule has 180 valence electrons. The summed E-state index contributed by atoms with van der Waals surface area (Å²) >= 11 is 5.99. The van der Waals surface area contributed by atoms with E-state index in [4.69, 9.17) is 16.9 Å². The fraction of sp³-hybridized carbons (Fsp3) is 0.138. The zero-order valence-corrected chi connectivity index (χ0v) is 20.3. The summed E-state index contributed by atoms with van der Waals surface area (Å²) in [5.41, 5.74) is 4.87. The molecule has 0 aliphatic heterocycles. The second-order valence-electron chi connectivity index (χ2n) is 8.49. The molecule has 1 heterocycles. The maximum absolute atomic E-state index is 15.0. The Morgan fingerprint density at radius 3 is 2.31 bits per heavy atom. The van der Waals surface area contributed by atoms with Crippen LogP contribution in [0.1, 0.15) is 34.6 Å². The molecule has 7 heteroatoms. The minimum Gasteiger partial charge on any atom is -0.411 e. The van der Waals surface area contributed by atoms with Gasteiger partial charge in [0.25, 0.3) is 0 Å². The van der Waals surface area contributed by atoms with Crippen LogP contribution in [0, 0.1) is 17.1 Å². The molecule has 5 nitrogen and oxygen atoms in total. The van der Waals surface area contributed by atoms with E-state index in [0.29, 0.717) is 28.3 Å². The molecule has 1 atom stereocenters. The molecule has 0 radical (unpaired) electrons. The van der Waals surface area contributed by atoms with E-state index in [1.807, 2.05) is 48.5 Å². The lowest BCUT2D eigenvalue weighted by atomic mass is 9.84. The molecule has 1 N–H and O–H groups in total. The van der Waals surface area contributed by atoms with Crippen LogP contribution in [-0.2, 0) is 13.5 Å². The molecule has 3 aromatic carbocycles. The topological polar surface area (TPSA) is 78.4 Å². The van der Waals surface area contributed by atoms with E-state index in [-0.39, 0.29) is 12.0 Å². The second kappa shape index (κ2) is 11.0. The van der Waals surface area contributed by atoms with Gasteiger partial charge in [-0.3, -0.25) is 4.79 Å². The highest BCUT2D eigenvalue weighted by atomic mass is 35.5. The van der Waals surface area contributed by atoms with Crippen molar-refractivity contribution in [3.8, 4) is 17.2 Å². The summed E-state index contributed by atoms with van der Waals surface area (Å²) in [5.74, 6) is -0.931. The van der Waals surface area contributed by atoms with Gasteiger partial charge in [-0.2, -0.15) is 5.26 Å². The van der Waals surface area contributed by atoms with Crippen LogP contribution in [0.5, 0.6) is 0 Å². The van der Waals surface area contributed by atoms with Crippen molar-refractivity contribution in [3.05, 3.63) is 129 Å². The Kier molecular flexibility index (Phi) is 7.62. The molecule has 36 heavy (non-hydrogen) atoms. The number of hydrogen-bond donors (Lipinski definition) is 1. The van der Waals surface area contributed by atoms with Crippen molar-refractivity contribution in [3.63, 3.8) is 0 Å². The lowest BCUT2D eigenvalue weighted by Crippen LogP contribution is -2.18. The highest BCUT2D eigenvalue weighted by Crippen LogP contribution is 2.34. The molecule has 1 unspecified atom stereocenters. The monoisotopic (exact) mass is 499 g/mol. The maximum atomic E-state index is 15.0. The van der Waals surface area contributed by atoms with Crippen molar-refractivity contribution in [2.45, 2.75) is 18.8 Å². The molecule has 0 spiro atoms. The molecule has 0 bridgehead atoms. The van der Waals surface area contributed by atoms with Crippen LogP contribution in [0.3, 0.4) is 0 Å². The number of oxime groups is 1. The van der Waals surface area contributed by atoms with Crippen LogP contribution in [-0.4, -0.2) is 15.5 Å². The number of aromatic nitrogens is 1. The van der Waals surface area contributed by atoms with Gasteiger partial charge in [0.05, 0.1) is 18.2 Å². The highest BCUT2D eigenvalue weighted by molar-refractivity contribution is 6.30. The molecule has 0 amide bonds. The molecule has 0 saturated carbocycles. The van der Waals surface area contributed by atoms with E-state index in [1.54, 1.807) is 31.4 Å². The highest BCUT2D eigenvalue weighted by Gasteiger charge is 2.22. The summed E-state index contributed by atoms with van der Waals surface area (Å²) in [6, 6.07) is 25.2. The molecule has 4 aromatic rings. The maximum Gasteiger partial charge on any atom is 0.250 e. The lowest BCUT2D eigenvalue weighted by Gasteiger charge is -2.20. The molecule has 0 aliphatic rings. The number of pyridine rings is 1. The van der Waals surface area contributed by atoms with E-state index in [2.05, 4.69) is 11.2 Å². The summed E-state index contributed by atoms with van der Waals surface area (Å²) in [4.78, 5) is 11.8. The van der Waals surface area contributed by atoms with Gasteiger partial charge in [-0.15, -0.1) is 0 Å². The van der Waals surface area contributed by atoms with Gasteiger partial charge in [0.1, 0.15) is 5.82 Å². The second-order valence-corrected chi connectivity index (χ2v) is 8.93. The van der Waals surface area contributed by atoms with Crippen LogP contribution in [0.2, 0.25) is 5.02 Å². The first-order chi connectivity index (χ1) is 17.4. The van der Waals surface area contributed by atoms with E-state index >= 15 is 4.39 Å². The summed E-state index contributed by atoms with van der Waals surface area (Å²) in [7, 11) is 1.61. The molecule has 0 saturated heterocycles. The molecule has 0 aliphatic carbocycles. The van der Waals surface area contributed by atoms with Gasteiger partial charge in [0, 0.05) is 42.2 Å². The third-order valence-electron chi connectivity index (χ3n) is 6.16. The molecular weight excluding hydrogens is 477 g/mol. The number of halogens is 2. The van der Waals surface area contributed by atoms with E-state index in [9.17, 15) is 10.0 Å². The van der Waals surface area contributed by atoms with E-state index < -0.39 is 11.7 Å². The Morgan fingerprint density at radius 2 is 1.72 bits per heavy atom. The Hall–Kier alpha value is -4.21. The minimum atomic E-state index is -0.475. The quantitative estimate of drug-likeness (QED) is 0.184. The van der Waals surface area contributed by atoms with Crippen molar-refractivity contribution in [1.29, 1.82) is 5.26 Å². The van der Waals surface area contributed by atoms with Crippen molar-refractivity contribution in [2.75, 3.05) is 0 Å². The fourth-order valence-electron chi connectivity index (χ4n) is 4.18. The zero-order chi connectivity index (χ0) is 25.7. The van der Waals surface area contributed by atoms with Crippen LogP contribution in [0.4, 0.5) is 4.39 Å². The minimum absolute atomic E-state index is 0.187. The molecule has 0 fully saturated rings. The summed E-state index contributed by atoms with van der Waals surface area (Å²) in [5, 5.41) is 22.5. The van der Waals surface area contributed by atoms with Crippen molar-refractivity contribution in [1.82, 2.24) is 4.57 Å². The molecule has 1 aromatic heterocycles. The van der Waals surface area contributed by atoms with Gasteiger partial charge in [0.15, 0.2) is 0 Å². The van der Waals surface area contributed by atoms with E-state index in [1.165, 1.54) is 16.7 Å². The smallest absolute Gasteiger partial charge is 0.250 e. The SMILES string of the molecule is Cn1cc(/C(CC(c2ccc(-c3ccc(CC#N)cc3)cc2)c2ccc(Cl)cc2F)=N\O)ccc1=O. The Balaban J connectivity index is 1.71. The number of hydrogen-bond acceptors (Lipinski definition) is 4. The fourth-order valence-corrected chi connectivity index (χ4v) is 4.34. The molecular formula is C29H23ClFN3O2. The lowest BCUT2D eigenvalue weighted by molar-refractivity contribution is 0.317. The van der Waals surface area contributed by atoms with Crippen molar-refractivity contribution >= 4 is 17.3 Å². The van der Waals surface area contributed by atoms with Crippen LogP contribution in [0.25, 0.3) is 11.1 Å². The largest absolute Gasteiger partial charge is 0.411 e. The summed E-state index contributed by atoms with van der Waals surface area (Å²) in [6.45, 7) is 0.